The van der Waals surface area contributed by atoms with Crippen LogP contribution in [0.3, 0.4) is 0 Å². The molecule has 1 N–H and O–H groups in total. The molecule has 0 unspecified atom stereocenters. The highest BCUT2D eigenvalue weighted by molar-refractivity contribution is 6.80. The van der Waals surface area contributed by atoms with E-state index >= 15 is 0 Å². The third-order valence-electron chi connectivity index (χ3n) is 6.14. The van der Waals surface area contributed by atoms with E-state index in [1.54, 1.807) is 41.8 Å². The fourth-order valence-corrected chi connectivity index (χ4v) is 5.52. The van der Waals surface area contributed by atoms with Gasteiger partial charge < -0.3 is 24.9 Å². The van der Waals surface area contributed by atoms with Crippen LogP contribution in [-0.4, -0.2) is 66.6 Å². The molecule has 2 atom stereocenters. The van der Waals surface area contributed by atoms with Gasteiger partial charge in [0, 0.05) is 5.56 Å². The number of amides is 2. The van der Waals surface area contributed by atoms with Crippen molar-refractivity contribution in [2.45, 2.75) is 58.1 Å². The number of esters is 1. The fraction of sp³-hybridized carbons (Fsp3) is 0.478. The van der Waals surface area contributed by atoms with Crippen LogP contribution in [0.5, 0.6) is 0 Å². The smallest absolute Gasteiger partial charge is 0.421 e. The summed E-state index contributed by atoms with van der Waals surface area (Å²) >= 11 is 0. The molecule has 2 rings (SSSR count). The minimum absolute atomic E-state index is 0.0959. The SMILES string of the molecule is C=C(CO[C@@H]1[C@@H](NC(=O)c2ccccc2)C(=O)N1[Si](C)(C)C(C)(C)C)C(=[N+]=[N-])C(=O)OCC. The molecule has 0 saturated carbocycles. The largest absolute Gasteiger partial charge is 0.457 e. The van der Waals surface area contributed by atoms with Gasteiger partial charge in [0.25, 0.3) is 5.91 Å². The van der Waals surface area contributed by atoms with Gasteiger partial charge in [-0.25, -0.2) is 4.79 Å². The summed E-state index contributed by atoms with van der Waals surface area (Å²) in [4.78, 5) is 40.8. The number of hydrogen-bond acceptors (Lipinski definition) is 5. The number of β-lactam (4-membered cyclic amide) rings is 1. The van der Waals surface area contributed by atoms with Crippen LogP contribution in [-0.2, 0) is 19.1 Å². The Morgan fingerprint density at radius 2 is 1.85 bits per heavy atom. The van der Waals surface area contributed by atoms with E-state index in [4.69, 9.17) is 9.47 Å². The van der Waals surface area contributed by atoms with E-state index in [1.807, 2.05) is 0 Å². The Balaban J connectivity index is 2.25. The monoisotopic (exact) mass is 472 g/mol. The Bertz CT molecular complexity index is 980. The van der Waals surface area contributed by atoms with E-state index in [0.717, 1.165) is 0 Å². The van der Waals surface area contributed by atoms with Crippen LogP contribution in [0.1, 0.15) is 38.1 Å². The summed E-state index contributed by atoms with van der Waals surface area (Å²) in [6.07, 6.45) is -0.759. The average molecular weight is 473 g/mol. The van der Waals surface area contributed by atoms with Crippen LogP contribution in [0.25, 0.3) is 5.53 Å². The van der Waals surface area contributed by atoms with Crippen molar-refractivity contribution in [2.24, 2.45) is 0 Å². The standard InChI is InChI=1S/C23H32N4O5Si/c1-8-31-22(30)17(26-24)15(2)14-32-21-18(25-19(28)16-12-10-9-11-13-16)20(29)27(21)33(6,7)23(3,4)5/h9-13,18,21H,2,8,14H2,1,3-7H3,(H,25,28)/t18-,21+/m0/s1. The van der Waals surface area contributed by atoms with E-state index in [2.05, 4.69) is 50.6 Å². The molecule has 1 aromatic rings. The van der Waals surface area contributed by atoms with Crippen LogP contribution in [0.2, 0.25) is 18.1 Å². The van der Waals surface area contributed by atoms with Crippen LogP contribution in [0, 0.1) is 0 Å². The molecule has 9 nitrogen and oxygen atoms in total. The highest BCUT2D eigenvalue weighted by Gasteiger charge is 2.58. The molecule has 1 heterocycles. The lowest BCUT2D eigenvalue weighted by Gasteiger charge is -2.57. The summed E-state index contributed by atoms with van der Waals surface area (Å²) in [5.74, 6) is -1.43. The van der Waals surface area contributed by atoms with Gasteiger partial charge in [0.2, 0.25) is 5.91 Å². The fourth-order valence-electron chi connectivity index (χ4n) is 3.25. The van der Waals surface area contributed by atoms with Gasteiger partial charge in [0.15, 0.2) is 20.5 Å². The third kappa shape index (κ3) is 5.47. The Morgan fingerprint density at radius 1 is 1.24 bits per heavy atom. The number of hydrogen-bond donors (Lipinski definition) is 1. The molecule has 0 aromatic heterocycles. The van der Waals surface area contributed by atoms with E-state index in [0.29, 0.717) is 5.56 Å². The molecule has 178 valence electrons. The van der Waals surface area contributed by atoms with Crippen molar-refractivity contribution in [2.75, 3.05) is 13.2 Å². The lowest BCUT2D eigenvalue weighted by atomic mass is 10.1. The Kier molecular flexibility index (Phi) is 8.13. The number of ether oxygens (including phenoxy) is 2. The highest BCUT2D eigenvalue weighted by Crippen LogP contribution is 2.43. The van der Waals surface area contributed by atoms with Crippen molar-refractivity contribution in [3.8, 4) is 0 Å². The normalized spacial score (nSPS) is 18.1. The van der Waals surface area contributed by atoms with Crippen LogP contribution >= 0.6 is 0 Å². The zero-order valence-corrected chi connectivity index (χ0v) is 21.0. The summed E-state index contributed by atoms with van der Waals surface area (Å²) in [7, 11) is -2.36. The third-order valence-corrected chi connectivity index (χ3v) is 11.5. The van der Waals surface area contributed by atoms with E-state index in [9.17, 15) is 19.9 Å². The van der Waals surface area contributed by atoms with Crippen LogP contribution in [0.4, 0.5) is 0 Å². The maximum Gasteiger partial charge on any atom is 0.421 e. The minimum atomic E-state index is -2.36. The number of nitrogens with one attached hydrogen (secondary N) is 1. The molecule has 1 fully saturated rings. The van der Waals surface area contributed by atoms with E-state index in [1.165, 1.54) is 0 Å². The van der Waals surface area contributed by atoms with E-state index in [-0.39, 0.29) is 41.4 Å². The topological polar surface area (TPSA) is 121 Å². The molecular weight excluding hydrogens is 440 g/mol. The number of rotatable bonds is 9. The predicted octanol–water partition coefficient (Wildman–Crippen LogP) is 2.77. The second kappa shape index (κ2) is 10.2. The highest BCUT2D eigenvalue weighted by atomic mass is 28.3. The zero-order chi connectivity index (χ0) is 25.0. The van der Waals surface area contributed by atoms with Gasteiger partial charge in [-0.3, -0.25) is 9.59 Å². The van der Waals surface area contributed by atoms with Crippen LogP contribution in [0.15, 0.2) is 42.5 Å². The van der Waals surface area contributed by atoms with Gasteiger partial charge in [-0.1, -0.05) is 58.6 Å². The van der Waals surface area contributed by atoms with Gasteiger partial charge in [-0.15, -0.1) is 0 Å². The quantitative estimate of drug-likeness (QED) is 0.148. The van der Waals surface area contributed by atoms with Crippen molar-refractivity contribution in [1.82, 2.24) is 9.88 Å². The lowest BCUT2D eigenvalue weighted by molar-refractivity contribution is -0.167. The Morgan fingerprint density at radius 3 is 2.36 bits per heavy atom. The second-order valence-corrected chi connectivity index (χ2v) is 14.4. The van der Waals surface area contributed by atoms with Gasteiger partial charge in [0.1, 0.15) is 0 Å². The molecule has 2 amide bonds. The van der Waals surface area contributed by atoms with Gasteiger partial charge in [-0.2, -0.15) is 4.79 Å². The molecular formula is C23H32N4O5Si. The number of benzene rings is 1. The predicted molar refractivity (Wildman–Crippen MR) is 126 cm³/mol. The van der Waals surface area contributed by atoms with Gasteiger partial charge >= 0.3 is 11.7 Å². The maximum atomic E-state index is 13.2. The first-order valence-corrected chi connectivity index (χ1v) is 13.7. The summed E-state index contributed by atoms with van der Waals surface area (Å²) < 4.78 is 12.6. The van der Waals surface area contributed by atoms with Crippen molar-refractivity contribution in [3.63, 3.8) is 0 Å². The zero-order valence-electron chi connectivity index (χ0n) is 20.0. The van der Waals surface area contributed by atoms with Crippen LogP contribution < -0.4 is 5.32 Å². The minimum Gasteiger partial charge on any atom is -0.457 e. The first kappa shape index (κ1) is 26.2. The van der Waals surface area contributed by atoms with Crippen molar-refractivity contribution >= 4 is 31.7 Å². The molecule has 0 aliphatic carbocycles. The van der Waals surface area contributed by atoms with Crippen molar-refractivity contribution in [3.05, 3.63) is 53.6 Å². The Labute approximate surface area is 195 Å². The number of carbonyl (C=O) groups is 3. The number of carbonyl (C=O) groups excluding carboxylic acids is 3. The molecule has 10 heteroatoms. The molecule has 33 heavy (non-hydrogen) atoms. The van der Waals surface area contributed by atoms with Crippen molar-refractivity contribution in [1.29, 1.82) is 0 Å². The molecule has 1 saturated heterocycles. The number of nitrogens with zero attached hydrogens (tertiary/aromatic N) is 3. The maximum absolute atomic E-state index is 13.2. The lowest BCUT2D eigenvalue weighted by Crippen LogP contribution is -2.79. The molecule has 0 bridgehead atoms. The first-order valence-electron chi connectivity index (χ1n) is 10.7. The molecule has 1 aromatic carbocycles. The van der Waals surface area contributed by atoms with Gasteiger partial charge in [-0.05, 0) is 24.1 Å². The first-order chi connectivity index (χ1) is 15.4. The molecule has 0 radical (unpaired) electrons. The van der Waals surface area contributed by atoms with Gasteiger partial charge in [0.05, 0.1) is 18.8 Å². The molecule has 0 spiro atoms. The van der Waals surface area contributed by atoms with Crippen molar-refractivity contribution < 1.29 is 28.6 Å². The second-order valence-electron chi connectivity index (χ2n) is 9.31. The summed E-state index contributed by atoms with van der Waals surface area (Å²) in [5, 5.41) is 2.59. The average Bonchev–Trinajstić information content (AvgIpc) is 2.74. The van der Waals surface area contributed by atoms with E-state index < -0.39 is 26.5 Å². The Hall–Kier alpha value is -3.07. The molecule has 1 aliphatic rings. The summed E-state index contributed by atoms with van der Waals surface area (Å²) in [6.45, 7) is 15.6. The molecule has 1 aliphatic heterocycles. The summed E-state index contributed by atoms with van der Waals surface area (Å²) in [5.41, 5.74) is 9.38. The summed E-state index contributed by atoms with van der Waals surface area (Å²) in [6, 6.07) is 7.70.